The third-order valence-corrected chi connectivity index (χ3v) is 2.07. The van der Waals surface area contributed by atoms with Crippen LogP contribution in [0.25, 0.3) is 0 Å². The molecule has 12 heavy (non-hydrogen) atoms. The Morgan fingerprint density at radius 3 is 2.75 bits per heavy atom. The number of allylic oxidation sites excluding steroid dienone is 2. The molecule has 0 saturated heterocycles. The highest BCUT2D eigenvalue weighted by Gasteiger charge is 2.26. The van der Waals surface area contributed by atoms with Gasteiger partial charge < -0.3 is 9.47 Å². The molecule has 2 heteroatoms. The fourth-order valence-electron chi connectivity index (χ4n) is 1.24. The molecule has 0 bridgehead atoms. The van der Waals surface area contributed by atoms with Crippen LogP contribution in [0.15, 0.2) is 24.3 Å². The van der Waals surface area contributed by atoms with Crippen LogP contribution in [-0.2, 0) is 9.47 Å². The highest BCUT2D eigenvalue weighted by atomic mass is 16.5. The number of ether oxygens (including phenoxy) is 2. The lowest BCUT2D eigenvalue weighted by Crippen LogP contribution is -2.35. The Morgan fingerprint density at radius 1 is 1.42 bits per heavy atom. The number of methoxy groups -OCH3 is 1. The maximum atomic E-state index is 5.42. The van der Waals surface area contributed by atoms with E-state index in [1.807, 2.05) is 19.1 Å². The monoisotopic (exact) mass is 168 g/mol. The van der Waals surface area contributed by atoms with Crippen LogP contribution >= 0.6 is 0 Å². The summed E-state index contributed by atoms with van der Waals surface area (Å²) in [6.45, 7) is 3.37. The lowest BCUT2D eigenvalue weighted by atomic mass is 9.96. The van der Waals surface area contributed by atoms with Gasteiger partial charge in [0.05, 0.1) is 6.61 Å². The second-order valence-electron chi connectivity index (χ2n) is 2.90. The van der Waals surface area contributed by atoms with E-state index in [2.05, 4.69) is 12.2 Å². The van der Waals surface area contributed by atoms with E-state index in [1.54, 1.807) is 7.11 Å². The summed E-state index contributed by atoms with van der Waals surface area (Å²) in [4.78, 5) is 0. The van der Waals surface area contributed by atoms with Gasteiger partial charge in [0.1, 0.15) is 5.60 Å². The minimum absolute atomic E-state index is 0.217. The summed E-state index contributed by atoms with van der Waals surface area (Å²) in [5.41, 5.74) is -0.217. The largest absolute Gasteiger partial charge is 0.378 e. The van der Waals surface area contributed by atoms with E-state index in [1.165, 1.54) is 0 Å². The Hall–Kier alpha value is -0.600. The van der Waals surface area contributed by atoms with Gasteiger partial charge in [-0.2, -0.15) is 0 Å². The Balaban J connectivity index is 2.51. The smallest absolute Gasteiger partial charge is 0.113 e. The molecule has 1 rings (SSSR count). The first kappa shape index (κ1) is 9.49. The summed E-state index contributed by atoms with van der Waals surface area (Å²) >= 11 is 0. The van der Waals surface area contributed by atoms with Crippen molar-refractivity contribution in [3.63, 3.8) is 0 Å². The van der Waals surface area contributed by atoms with Crippen molar-refractivity contribution in [1.82, 2.24) is 0 Å². The van der Waals surface area contributed by atoms with Crippen LogP contribution in [0.5, 0.6) is 0 Å². The zero-order valence-corrected chi connectivity index (χ0v) is 7.75. The fraction of sp³-hybridized carbons (Fsp3) is 0.600. The highest BCUT2D eigenvalue weighted by Crippen LogP contribution is 2.21. The fourth-order valence-corrected chi connectivity index (χ4v) is 1.24. The van der Waals surface area contributed by atoms with Gasteiger partial charge in [-0.05, 0) is 6.92 Å². The standard InChI is InChI=1S/C10H16O2/c1-3-12-9-10(11-2)7-5-4-6-8-10/h4-7H,3,8-9H2,1-2H3. The van der Waals surface area contributed by atoms with Crippen LogP contribution in [-0.4, -0.2) is 25.9 Å². The quantitative estimate of drug-likeness (QED) is 0.638. The SMILES string of the molecule is CCOCC1(OC)C=CC=CC1. The molecule has 0 fully saturated rings. The lowest BCUT2D eigenvalue weighted by molar-refractivity contribution is -0.0389. The number of hydrogen-bond donors (Lipinski definition) is 0. The topological polar surface area (TPSA) is 18.5 Å². The van der Waals surface area contributed by atoms with Gasteiger partial charge >= 0.3 is 0 Å². The van der Waals surface area contributed by atoms with Crippen LogP contribution < -0.4 is 0 Å². The van der Waals surface area contributed by atoms with Crippen LogP contribution in [0.1, 0.15) is 13.3 Å². The maximum absolute atomic E-state index is 5.42. The molecule has 1 aliphatic carbocycles. The predicted molar refractivity (Wildman–Crippen MR) is 49.1 cm³/mol. The van der Waals surface area contributed by atoms with E-state index in [4.69, 9.17) is 9.47 Å². The summed E-state index contributed by atoms with van der Waals surface area (Å²) in [5.74, 6) is 0. The number of rotatable bonds is 4. The molecule has 0 heterocycles. The average Bonchev–Trinajstić information content (AvgIpc) is 2.16. The Bertz CT molecular complexity index is 184. The molecule has 68 valence electrons. The van der Waals surface area contributed by atoms with Gasteiger partial charge in [-0.1, -0.05) is 24.3 Å². The van der Waals surface area contributed by atoms with Crippen molar-refractivity contribution in [3.05, 3.63) is 24.3 Å². The Labute approximate surface area is 73.9 Å². The molecule has 0 aliphatic heterocycles. The van der Waals surface area contributed by atoms with Gasteiger partial charge in [0.15, 0.2) is 0 Å². The maximum Gasteiger partial charge on any atom is 0.113 e. The molecule has 2 nitrogen and oxygen atoms in total. The van der Waals surface area contributed by atoms with Crippen LogP contribution in [0.2, 0.25) is 0 Å². The molecule has 0 amide bonds. The molecular weight excluding hydrogens is 152 g/mol. The molecule has 0 radical (unpaired) electrons. The lowest BCUT2D eigenvalue weighted by Gasteiger charge is -2.29. The van der Waals surface area contributed by atoms with E-state index in [0.29, 0.717) is 6.61 Å². The summed E-state index contributed by atoms with van der Waals surface area (Å²) in [6, 6.07) is 0. The van der Waals surface area contributed by atoms with E-state index < -0.39 is 0 Å². The van der Waals surface area contributed by atoms with Crippen molar-refractivity contribution >= 4 is 0 Å². The molecule has 0 aromatic rings. The first-order chi connectivity index (χ1) is 5.83. The molecule has 1 atom stereocenters. The second kappa shape index (κ2) is 4.43. The second-order valence-corrected chi connectivity index (χ2v) is 2.90. The van der Waals surface area contributed by atoms with Gasteiger partial charge in [0.2, 0.25) is 0 Å². The third-order valence-electron chi connectivity index (χ3n) is 2.07. The summed E-state index contributed by atoms with van der Waals surface area (Å²) in [6.07, 6.45) is 9.10. The summed E-state index contributed by atoms with van der Waals surface area (Å²) in [7, 11) is 1.72. The van der Waals surface area contributed by atoms with Crippen LogP contribution in [0, 0.1) is 0 Å². The zero-order chi connectivity index (χ0) is 8.86. The molecular formula is C10H16O2. The van der Waals surface area contributed by atoms with E-state index >= 15 is 0 Å². The zero-order valence-electron chi connectivity index (χ0n) is 7.75. The normalized spacial score (nSPS) is 27.8. The molecule has 1 unspecified atom stereocenters. The molecule has 1 aliphatic rings. The van der Waals surface area contributed by atoms with Gasteiger partial charge in [0.25, 0.3) is 0 Å². The summed E-state index contributed by atoms with van der Waals surface area (Å²) in [5, 5.41) is 0. The van der Waals surface area contributed by atoms with Crippen molar-refractivity contribution in [2.75, 3.05) is 20.3 Å². The van der Waals surface area contributed by atoms with E-state index in [9.17, 15) is 0 Å². The van der Waals surface area contributed by atoms with Gasteiger partial charge in [0, 0.05) is 20.1 Å². The highest BCUT2D eigenvalue weighted by molar-refractivity contribution is 5.18. The summed E-state index contributed by atoms with van der Waals surface area (Å²) < 4.78 is 10.8. The third kappa shape index (κ3) is 2.19. The minimum Gasteiger partial charge on any atom is -0.378 e. The van der Waals surface area contributed by atoms with Crippen molar-refractivity contribution in [2.24, 2.45) is 0 Å². The van der Waals surface area contributed by atoms with Crippen molar-refractivity contribution in [1.29, 1.82) is 0 Å². The predicted octanol–water partition coefficient (Wildman–Crippen LogP) is 1.92. The Morgan fingerprint density at radius 2 is 2.25 bits per heavy atom. The van der Waals surface area contributed by atoms with Crippen LogP contribution in [0.4, 0.5) is 0 Å². The van der Waals surface area contributed by atoms with E-state index in [0.717, 1.165) is 13.0 Å². The van der Waals surface area contributed by atoms with E-state index in [-0.39, 0.29) is 5.60 Å². The minimum atomic E-state index is -0.217. The molecule has 0 N–H and O–H groups in total. The first-order valence-electron chi connectivity index (χ1n) is 4.30. The molecule has 0 aromatic carbocycles. The number of hydrogen-bond acceptors (Lipinski definition) is 2. The van der Waals surface area contributed by atoms with Gasteiger partial charge in [-0.3, -0.25) is 0 Å². The van der Waals surface area contributed by atoms with Crippen LogP contribution in [0.3, 0.4) is 0 Å². The van der Waals surface area contributed by atoms with Crippen molar-refractivity contribution in [2.45, 2.75) is 18.9 Å². The first-order valence-corrected chi connectivity index (χ1v) is 4.30. The Kier molecular flexibility index (Phi) is 3.50. The van der Waals surface area contributed by atoms with Gasteiger partial charge in [-0.25, -0.2) is 0 Å². The molecule has 0 saturated carbocycles. The van der Waals surface area contributed by atoms with Crippen molar-refractivity contribution < 1.29 is 9.47 Å². The average molecular weight is 168 g/mol. The van der Waals surface area contributed by atoms with Gasteiger partial charge in [-0.15, -0.1) is 0 Å². The molecule has 0 spiro atoms. The molecule has 0 aromatic heterocycles. The van der Waals surface area contributed by atoms with Crippen molar-refractivity contribution in [3.8, 4) is 0 Å².